The summed E-state index contributed by atoms with van der Waals surface area (Å²) in [7, 11) is 1.80. The summed E-state index contributed by atoms with van der Waals surface area (Å²) in [5.74, 6) is -0.214. The van der Waals surface area contributed by atoms with Crippen molar-refractivity contribution in [1.29, 1.82) is 0 Å². The highest BCUT2D eigenvalue weighted by molar-refractivity contribution is 6.31. The molecule has 0 aliphatic carbocycles. The fourth-order valence-corrected chi connectivity index (χ4v) is 2.30. The van der Waals surface area contributed by atoms with Gasteiger partial charge in [0, 0.05) is 10.6 Å². The summed E-state index contributed by atoms with van der Waals surface area (Å²) in [6, 6.07) is 12.5. The molecule has 0 aliphatic rings. The highest BCUT2D eigenvalue weighted by Gasteiger charge is 2.18. The highest BCUT2D eigenvalue weighted by Crippen LogP contribution is 2.29. The second-order valence-corrected chi connectivity index (χ2v) is 4.68. The molecule has 1 nitrogen and oxygen atoms in total. The molecule has 0 aliphatic heterocycles. The Balaban J connectivity index is 2.49. The molecule has 0 saturated carbocycles. The number of benzene rings is 2. The van der Waals surface area contributed by atoms with Crippen molar-refractivity contribution in [2.45, 2.75) is 13.0 Å². The van der Waals surface area contributed by atoms with Crippen LogP contribution in [0.3, 0.4) is 0 Å². The Morgan fingerprint density at radius 3 is 2.44 bits per heavy atom. The minimum atomic E-state index is -0.237. The van der Waals surface area contributed by atoms with Gasteiger partial charge < -0.3 is 5.32 Å². The summed E-state index contributed by atoms with van der Waals surface area (Å²) < 4.78 is 14.0. The average Bonchev–Trinajstić information content (AvgIpc) is 2.34. The molecule has 0 spiro atoms. The van der Waals surface area contributed by atoms with E-state index in [4.69, 9.17) is 11.6 Å². The Morgan fingerprint density at radius 1 is 1.11 bits per heavy atom. The maximum atomic E-state index is 14.0. The SMILES string of the molecule is CNC(c1ccc(C)cc1F)c1ccccc1Cl. The first-order chi connectivity index (χ1) is 8.63. The van der Waals surface area contributed by atoms with Gasteiger partial charge in [-0.05, 0) is 37.2 Å². The van der Waals surface area contributed by atoms with Gasteiger partial charge in [0.2, 0.25) is 0 Å². The molecule has 0 amide bonds. The standard InChI is InChI=1S/C15H15ClFN/c1-10-7-8-12(14(17)9-10)15(18-2)11-5-3-4-6-13(11)16/h3-9,15,18H,1-2H3. The third-order valence-electron chi connectivity index (χ3n) is 2.97. The van der Waals surface area contributed by atoms with Crippen LogP contribution in [0.15, 0.2) is 42.5 Å². The fourth-order valence-electron chi connectivity index (χ4n) is 2.05. The van der Waals surface area contributed by atoms with E-state index in [1.54, 1.807) is 13.1 Å². The zero-order valence-corrected chi connectivity index (χ0v) is 11.1. The molecule has 2 aromatic rings. The lowest BCUT2D eigenvalue weighted by Crippen LogP contribution is -2.19. The van der Waals surface area contributed by atoms with E-state index in [1.807, 2.05) is 37.3 Å². The lowest BCUT2D eigenvalue weighted by Gasteiger charge is -2.19. The van der Waals surface area contributed by atoms with Crippen molar-refractivity contribution < 1.29 is 4.39 Å². The van der Waals surface area contributed by atoms with Crippen LogP contribution < -0.4 is 5.32 Å². The van der Waals surface area contributed by atoms with E-state index in [-0.39, 0.29) is 11.9 Å². The third-order valence-corrected chi connectivity index (χ3v) is 3.32. The zero-order valence-electron chi connectivity index (χ0n) is 10.4. The molecule has 0 bridgehead atoms. The lowest BCUT2D eigenvalue weighted by atomic mass is 9.97. The van der Waals surface area contributed by atoms with Crippen LogP contribution in [0.5, 0.6) is 0 Å². The van der Waals surface area contributed by atoms with Gasteiger partial charge in [-0.3, -0.25) is 0 Å². The zero-order chi connectivity index (χ0) is 13.1. The first kappa shape index (κ1) is 13.1. The van der Waals surface area contributed by atoms with Crippen LogP contribution in [0.1, 0.15) is 22.7 Å². The Bertz CT molecular complexity index is 554. The van der Waals surface area contributed by atoms with Crippen molar-refractivity contribution in [2.75, 3.05) is 7.05 Å². The monoisotopic (exact) mass is 263 g/mol. The van der Waals surface area contributed by atoms with Crippen LogP contribution in [0, 0.1) is 12.7 Å². The molecule has 1 unspecified atom stereocenters. The Labute approximate surface area is 112 Å². The molecule has 0 aromatic heterocycles. The molecule has 1 N–H and O–H groups in total. The maximum absolute atomic E-state index is 14.0. The van der Waals surface area contributed by atoms with Crippen molar-refractivity contribution in [3.63, 3.8) is 0 Å². The smallest absolute Gasteiger partial charge is 0.128 e. The molecule has 0 fully saturated rings. The van der Waals surface area contributed by atoms with E-state index in [2.05, 4.69) is 5.32 Å². The van der Waals surface area contributed by atoms with Gasteiger partial charge in [0.25, 0.3) is 0 Å². The number of halogens is 2. The van der Waals surface area contributed by atoms with Gasteiger partial charge in [-0.25, -0.2) is 4.39 Å². The summed E-state index contributed by atoms with van der Waals surface area (Å²) >= 11 is 6.17. The topological polar surface area (TPSA) is 12.0 Å². The summed E-state index contributed by atoms with van der Waals surface area (Å²) in [5.41, 5.74) is 2.39. The van der Waals surface area contributed by atoms with E-state index in [0.717, 1.165) is 11.1 Å². The number of nitrogens with one attached hydrogen (secondary N) is 1. The van der Waals surface area contributed by atoms with Gasteiger partial charge >= 0.3 is 0 Å². The van der Waals surface area contributed by atoms with Crippen molar-refractivity contribution >= 4 is 11.6 Å². The van der Waals surface area contributed by atoms with Gasteiger partial charge in [-0.1, -0.05) is 41.9 Å². The minimum absolute atomic E-state index is 0.214. The van der Waals surface area contributed by atoms with Crippen molar-refractivity contribution in [1.82, 2.24) is 5.32 Å². The molecule has 2 aromatic carbocycles. The maximum Gasteiger partial charge on any atom is 0.128 e. The average molecular weight is 264 g/mol. The van der Waals surface area contributed by atoms with Crippen LogP contribution in [-0.2, 0) is 0 Å². The molecule has 1 atom stereocenters. The Morgan fingerprint density at radius 2 is 1.83 bits per heavy atom. The van der Waals surface area contributed by atoms with E-state index < -0.39 is 0 Å². The van der Waals surface area contributed by atoms with Gasteiger partial charge in [0.15, 0.2) is 0 Å². The van der Waals surface area contributed by atoms with Crippen molar-refractivity contribution in [3.05, 3.63) is 70.0 Å². The number of aryl methyl sites for hydroxylation is 1. The van der Waals surface area contributed by atoms with Crippen molar-refractivity contribution in [2.24, 2.45) is 0 Å². The fraction of sp³-hybridized carbons (Fsp3) is 0.200. The Hall–Kier alpha value is -1.38. The summed E-state index contributed by atoms with van der Waals surface area (Å²) in [6.07, 6.45) is 0. The molecule has 2 rings (SSSR count). The normalized spacial score (nSPS) is 12.4. The quantitative estimate of drug-likeness (QED) is 0.879. The molecular weight excluding hydrogens is 249 g/mol. The molecule has 18 heavy (non-hydrogen) atoms. The van der Waals surface area contributed by atoms with Gasteiger partial charge in [0.05, 0.1) is 6.04 Å². The van der Waals surface area contributed by atoms with E-state index in [1.165, 1.54) is 6.07 Å². The van der Waals surface area contributed by atoms with E-state index in [9.17, 15) is 4.39 Å². The van der Waals surface area contributed by atoms with E-state index in [0.29, 0.717) is 10.6 Å². The van der Waals surface area contributed by atoms with Crippen LogP contribution >= 0.6 is 11.6 Å². The van der Waals surface area contributed by atoms with Gasteiger partial charge in [0.1, 0.15) is 5.82 Å². The second kappa shape index (κ2) is 5.51. The predicted molar refractivity (Wildman–Crippen MR) is 73.5 cm³/mol. The van der Waals surface area contributed by atoms with Crippen LogP contribution in [-0.4, -0.2) is 7.05 Å². The number of hydrogen-bond acceptors (Lipinski definition) is 1. The Kier molecular flexibility index (Phi) is 4.00. The highest BCUT2D eigenvalue weighted by atomic mass is 35.5. The summed E-state index contributed by atoms with van der Waals surface area (Å²) in [5, 5.41) is 3.75. The first-order valence-electron chi connectivity index (χ1n) is 5.81. The van der Waals surface area contributed by atoms with Crippen LogP contribution in [0.25, 0.3) is 0 Å². The lowest BCUT2D eigenvalue weighted by molar-refractivity contribution is 0.575. The van der Waals surface area contributed by atoms with E-state index >= 15 is 0 Å². The third kappa shape index (κ3) is 2.55. The molecule has 0 saturated heterocycles. The largest absolute Gasteiger partial charge is 0.309 e. The predicted octanol–water partition coefficient (Wildman–Crippen LogP) is 4.10. The minimum Gasteiger partial charge on any atom is -0.309 e. The molecular formula is C15H15ClFN. The molecule has 3 heteroatoms. The van der Waals surface area contributed by atoms with Gasteiger partial charge in [-0.15, -0.1) is 0 Å². The first-order valence-corrected chi connectivity index (χ1v) is 6.19. The molecule has 0 radical (unpaired) electrons. The molecule has 94 valence electrons. The summed E-state index contributed by atoms with van der Waals surface area (Å²) in [6.45, 7) is 1.87. The van der Waals surface area contributed by atoms with Crippen LogP contribution in [0.2, 0.25) is 5.02 Å². The molecule has 0 heterocycles. The van der Waals surface area contributed by atoms with Crippen LogP contribution in [0.4, 0.5) is 4.39 Å². The number of rotatable bonds is 3. The second-order valence-electron chi connectivity index (χ2n) is 4.27. The number of hydrogen-bond donors (Lipinski definition) is 1. The van der Waals surface area contributed by atoms with Gasteiger partial charge in [-0.2, -0.15) is 0 Å². The van der Waals surface area contributed by atoms with Crippen molar-refractivity contribution in [3.8, 4) is 0 Å². The summed E-state index contributed by atoms with van der Waals surface area (Å²) in [4.78, 5) is 0.